The second kappa shape index (κ2) is 5.90. The minimum Gasteiger partial charge on any atom is -0.432 e. The van der Waals surface area contributed by atoms with E-state index in [0.717, 1.165) is 19.4 Å². The maximum absolute atomic E-state index is 12.8. The van der Waals surface area contributed by atoms with E-state index in [4.69, 9.17) is 8.23 Å². The van der Waals surface area contributed by atoms with Gasteiger partial charge in [0.15, 0.2) is 22.0 Å². The van der Waals surface area contributed by atoms with E-state index < -0.39 is 25.2 Å². The Hall–Kier alpha value is 0.201. The summed E-state index contributed by atoms with van der Waals surface area (Å²) in [6.07, 6.45) is 1.99. The van der Waals surface area contributed by atoms with Crippen LogP contribution in [0, 0.1) is 0 Å². The zero-order valence-corrected chi connectivity index (χ0v) is 16.4. The summed E-state index contributed by atoms with van der Waals surface area (Å²) in [5.74, 6) is 0. The molecule has 0 bridgehead atoms. The van der Waals surface area contributed by atoms with E-state index in [1.165, 1.54) is 0 Å². The van der Waals surface area contributed by atoms with Gasteiger partial charge in [0.05, 0.1) is 6.04 Å². The van der Waals surface area contributed by atoms with Crippen molar-refractivity contribution >= 4 is 30.6 Å². The summed E-state index contributed by atoms with van der Waals surface area (Å²) in [5.41, 5.74) is 0. The average molecular weight is 320 g/mol. The van der Waals surface area contributed by atoms with E-state index in [1.807, 2.05) is 6.55 Å². The van der Waals surface area contributed by atoms with E-state index >= 15 is 0 Å². The van der Waals surface area contributed by atoms with Crippen LogP contribution in [-0.2, 0) is 13.0 Å². The Labute approximate surface area is 120 Å². The fourth-order valence-electron chi connectivity index (χ4n) is 2.51. The molecule has 1 saturated heterocycles. The van der Waals surface area contributed by atoms with Gasteiger partial charge >= 0.3 is 8.56 Å². The summed E-state index contributed by atoms with van der Waals surface area (Å²) in [5, 5.41) is 3.49. The van der Waals surface area contributed by atoms with Gasteiger partial charge in [0.25, 0.3) is 0 Å². The smallest absolute Gasteiger partial charge is 0.389 e. The lowest BCUT2D eigenvalue weighted by atomic mass is 10.2. The highest BCUT2D eigenvalue weighted by Gasteiger charge is 2.49. The van der Waals surface area contributed by atoms with E-state index in [1.54, 1.807) is 0 Å². The van der Waals surface area contributed by atoms with Gasteiger partial charge in [-0.1, -0.05) is 0 Å². The molecule has 0 aliphatic carbocycles. The summed E-state index contributed by atoms with van der Waals surface area (Å²) in [6.45, 7) is 15.6. The molecule has 1 heterocycles. The van der Waals surface area contributed by atoms with Gasteiger partial charge in [0.1, 0.15) is 0 Å². The van der Waals surface area contributed by atoms with E-state index in [9.17, 15) is 4.79 Å². The van der Waals surface area contributed by atoms with Crippen molar-refractivity contribution in [1.29, 1.82) is 0 Å². The Balaban J connectivity index is 2.93. The number of carbonyl (C=O) groups excluding carboxylic acids is 1. The third-order valence-electron chi connectivity index (χ3n) is 2.83. The van der Waals surface area contributed by atoms with Crippen LogP contribution in [0.4, 0.5) is 0 Å². The first-order chi connectivity index (χ1) is 8.43. The normalized spacial score (nSPS) is 21.7. The highest BCUT2D eigenvalue weighted by atomic mass is 28.5. The summed E-state index contributed by atoms with van der Waals surface area (Å²) in [4.78, 5) is 12.8. The van der Waals surface area contributed by atoms with E-state index in [2.05, 4.69) is 44.6 Å². The third kappa shape index (κ3) is 5.60. The van der Waals surface area contributed by atoms with Gasteiger partial charge < -0.3 is 13.5 Å². The molecule has 0 saturated carbocycles. The quantitative estimate of drug-likeness (QED) is 0.765. The molecule has 1 aliphatic rings. The number of rotatable bonds is 6. The van der Waals surface area contributed by atoms with E-state index in [0.29, 0.717) is 0 Å². The van der Waals surface area contributed by atoms with Crippen LogP contribution in [0.3, 0.4) is 0 Å². The van der Waals surface area contributed by atoms with Crippen LogP contribution in [0.15, 0.2) is 0 Å². The van der Waals surface area contributed by atoms with Gasteiger partial charge in [-0.25, -0.2) is 0 Å². The molecule has 4 nitrogen and oxygen atoms in total. The lowest BCUT2D eigenvalue weighted by molar-refractivity contribution is -0.116. The first-order valence-electron chi connectivity index (χ1n) is 7.11. The van der Waals surface area contributed by atoms with Gasteiger partial charge in [-0.15, -0.1) is 0 Å². The molecule has 0 radical (unpaired) electrons. The highest BCUT2D eigenvalue weighted by molar-refractivity contribution is 7.04. The van der Waals surface area contributed by atoms with Crippen molar-refractivity contribution in [3.05, 3.63) is 0 Å². The summed E-state index contributed by atoms with van der Waals surface area (Å²) in [6, 6.07) is -0.0515. The van der Waals surface area contributed by atoms with Gasteiger partial charge in [-0.05, 0) is 65.2 Å². The molecule has 1 aliphatic heterocycles. The van der Waals surface area contributed by atoms with Gasteiger partial charge in [0, 0.05) is 0 Å². The summed E-state index contributed by atoms with van der Waals surface area (Å²) >= 11 is 0. The van der Waals surface area contributed by atoms with Crippen molar-refractivity contribution in [3.63, 3.8) is 0 Å². The zero-order valence-electron chi connectivity index (χ0n) is 13.4. The Bertz CT molecular complexity index is 314. The fraction of sp³-hybridized carbons (Fsp3) is 0.917. The molecular formula is C12H29NO3Si3. The maximum atomic E-state index is 12.8. The Morgan fingerprint density at radius 2 is 1.47 bits per heavy atom. The molecule has 0 aromatic carbocycles. The van der Waals surface area contributed by atoms with Crippen LogP contribution >= 0.6 is 0 Å². The summed E-state index contributed by atoms with van der Waals surface area (Å²) in [7, 11) is -6.36. The first kappa shape index (κ1) is 17.3. The lowest BCUT2D eigenvalue weighted by Gasteiger charge is -2.38. The van der Waals surface area contributed by atoms with Crippen LogP contribution < -0.4 is 5.32 Å². The van der Waals surface area contributed by atoms with Gasteiger partial charge in [-0.3, -0.25) is 4.79 Å². The average Bonchev–Trinajstić information content (AvgIpc) is 2.62. The minimum atomic E-state index is -2.77. The van der Waals surface area contributed by atoms with Gasteiger partial charge in [0.2, 0.25) is 0 Å². The Morgan fingerprint density at radius 3 is 1.79 bits per heavy atom. The van der Waals surface area contributed by atoms with Crippen molar-refractivity contribution in [2.24, 2.45) is 0 Å². The highest BCUT2D eigenvalue weighted by Crippen LogP contribution is 2.24. The monoisotopic (exact) mass is 319 g/mol. The number of carbonyl (C=O) groups is 1. The second-order valence-corrected chi connectivity index (χ2v) is 19.9. The Morgan fingerprint density at radius 1 is 1.00 bits per heavy atom. The largest absolute Gasteiger partial charge is 0.432 e. The SMILES string of the molecule is C[Si](C)(C)O[Si](C)(O[Si](C)(C)C)C(=O)[C@H]1CCCN1. The topological polar surface area (TPSA) is 47.6 Å². The zero-order chi connectivity index (χ0) is 14.9. The van der Waals surface area contributed by atoms with Crippen molar-refractivity contribution in [1.82, 2.24) is 5.32 Å². The molecule has 1 fully saturated rings. The molecule has 0 spiro atoms. The molecule has 0 unspecified atom stereocenters. The third-order valence-corrected chi connectivity index (χ3v) is 12.1. The molecule has 19 heavy (non-hydrogen) atoms. The number of nitrogens with one attached hydrogen (secondary N) is 1. The van der Waals surface area contributed by atoms with E-state index in [-0.39, 0.29) is 11.4 Å². The van der Waals surface area contributed by atoms with Crippen LogP contribution in [0.2, 0.25) is 45.8 Å². The second-order valence-electron chi connectivity index (χ2n) is 7.39. The molecule has 1 rings (SSSR count). The van der Waals surface area contributed by atoms with Crippen molar-refractivity contribution in [2.75, 3.05) is 6.54 Å². The predicted octanol–water partition coefficient (Wildman–Crippen LogP) is 2.62. The van der Waals surface area contributed by atoms with Gasteiger partial charge in [-0.2, -0.15) is 0 Å². The number of hydrogen-bond acceptors (Lipinski definition) is 4. The fourth-order valence-corrected chi connectivity index (χ4v) is 14.1. The molecule has 0 aromatic heterocycles. The van der Waals surface area contributed by atoms with Crippen LogP contribution in [-0.4, -0.2) is 43.2 Å². The molecule has 0 amide bonds. The van der Waals surface area contributed by atoms with Crippen molar-refractivity contribution in [3.8, 4) is 0 Å². The molecule has 7 heteroatoms. The molecule has 0 aromatic rings. The molecular weight excluding hydrogens is 290 g/mol. The molecule has 112 valence electrons. The molecule has 1 atom stereocenters. The Kier molecular flexibility index (Phi) is 5.36. The standard InChI is InChI=1S/C12H29NO3Si3/c1-17(2,3)15-19(7,16-18(4,5)6)12(14)11-9-8-10-13-11/h11,13H,8-10H2,1-7H3/t11-/m1/s1. The number of hydrogen-bond donors (Lipinski definition) is 1. The first-order valence-corrected chi connectivity index (χ1v) is 16.2. The minimum absolute atomic E-state index is 0.0515. The predicted molar refractivity (Wildman–Crippen MR) is 86.5 cm³/mol. The van der Waals surface area contributed by atoms with Crippen molar-refractivity contribution < 1.29 is 13.0 Å². The maximum Gasteiger partial charge on any atom is 0.389 e. The van der Waals surface area contributed by atoms with Crippen LogP contribution in [0.5, 0.6) is 0 Å². The summed E-state index contributed by atoms with van der Waals surface area (Å²) < 4.78 is 12.6. The van der Waals surface area contributed by atoms with Crippen molar-refractivity contribution in [2.45, 2.75) is 64.7 Å². The lowest BCUT2D eigenvalue weighted by Crippen LogP contribution is -2.62. The van der Waals surface area contributed by atoms with Crippen LogP contribution in [0.1, 0.15) is 12.8 Å². The molecule has 1 N–H and O–H groups in total. The van der Waals surface area contributed by atoms with Crippen LogP contribution in [0.25, 0.3) is 0 Å².